The van der Waals surface area contributed by atoms with Crippen LogP contribution < -0.4 is 5.32 Å². The van der Waals surface area contributed by atoms with Crippen LogP contribution >= 0.6 is 15.9 Å². The molecule has 17 heteroatoms. The number of likely N-dealkylation sites (tertiary alicyclic amines) is 2. The lowest BCUT2D eigenvalue weighted by Crippen LogP contribution is -2.57. The zero-order valence-electron chi connectivity index (χ0n) is 35.4. The van der Waals surface area contributed by atoms with Crippen LogP contribution in [0.15, 0.2) is 48.5 Å². The molecule has 10 amide bonds. The first-order valence-electron chi connectivity index (χ1n) is 19.4. The molecule has 1 N–H and O–H groups in total. The van der Waals surface area contributed by atoms with E-state index in [2.05, 4.69) is 52.4 Å². The Bertz CT molecular complexity index is 1940. The lowest BCUT2D eigenvalue weighted by Gasteiger charge is -2.34. The van der Waals surface area contributed by atoms with Gasteiger partial charge in [-0.15, -0.1) is 0 Å². The maximum atomic E-state index is 13.0. The van der Waals surface area contributed by atoms with Crippen molar-refractivity contribution < 1.29 is 47.8 Å². The maximum absolute atomic E-state index is 13.0. The molecule has 4 aliphatic heterocycles. The van der Waals surface area contributed by atoms with Crippen LogP contribution in [0.1, 0.15) is 102 Å². The SMILES string of the molecule is CC(C)(C)OC(=O)N1C(=O)CCC(Br)C1=O.Cc1ccc(C2CN(C3CCC(=O)N(C(=O)OC(C)(C)C)C3=O)C(=O)N2C)cc1.Cc1ccc(C2CNC(=O)N2C)cc1. The Morgan fingerprint density at radius 3 is 1.53 bits per heavy atom. The van der Waals surface area contributed by atoms with Crippen molar-refractivity contribution in [2.75, 3.05) is 27.2 Å². The average Bonchev–Trinajstić information content (AvgIpc) is 3.62. The summed E-state index contributed by atoms with van der Waals surface area (Å²) in [6.45, 7) is 15.1. The van der Waals surface area contributed by atoms with Crippen LogP contribution in [0.5, 0.6) is 0 Å². The number of piperidine rings is 2. The number of carbonyl (C=O) groups excluding carboxylic acids is 8. The fourth-order valence-electron chi connectivity index (χ4n) is 6.62. The molecule has 0 saturated carbocycles. The highest BCUT2D eigenvalue weighted by Crippen LogP contribution is 2.33. The normalized spacial score (nSPS) is 22.4. The van der Waals surface area contributed by atoms with Crippen LogP contribution in [-0.2, 0) is 28.7 Å². The van der Waals surface area contributed by atoms with Gasteiger partial charge in [-0.25, -0.2) is 19.2 Å². The number of amides is 10. The zero-order valence-corrected chi connectivity index (χ0v) is 37.0. The third-order valence-electron chi connectivity index (χ3n) is 9.81. The lowest BCUT2D eigenvalue weighted by molar-refractivity contribution is -0.151. The number of imide groups is 6. The third kappa shape index (κ3) is 11.7. The van der Waals surface area contributed by atoms with Crippen LogP contribution in [0.4, 0.5) is 19.2 Å². The molecule has 4 unspecified atom stereocenters. The van der Waals surface area contributed by atoms with Gasteiger partial charge in [0.05, 0.1) is 16.9 Å². The van der Waals surface area contributed by atoms with Crippen LogP contribution in [-0.4, -0.2) is 122 Å². The second kappa shape index (κ2) is 18.7. The standard InChI is InChI=1S/C21H27N3O5.C11H14N2O.C10H14BrNO4/c1-13-6-8-14(9-7-13)16-12-23(19(27)22(16)5)15-10-11-17(25)24(18(15)26)20(28)29-21(2,3)4;1-8-3-5-9(6-4-8)10-7-12-11(14)13(10)2;1-10(2,3)16-9(15)12-7(13)5-4-6(11)8(12)14/h6-9,15-16H,10-12H2,1-5H3;3-6,10H,7H2,1-2H3,(H,12,14);6H,4-5H2,1-3H3. The number of carbonyl (C=O) groups is 8. The smallest absolute Gasteiger partial charge is 0.424 e. The molecule has 0 bridgehead atoms. The second-order valence-corrected chi connectivity index (χ2v) is 18.0. The fourth-order valence-corrected chi connectivity index (χ4v) is 7.06. The molecule has 4 aliphatic rings. The Morgan fingerprint density at radius 2 is 1.08 bits per heavy atom. The van der Waals surface area contributed by atoms with Crippen molar-refractivity contribution in [1.29, 1.82) is 0 Å². The summed E-state index contributed by atoms with van der Waals surface area (Å²) < 4.78 is 10.2. The van der Waals surface area contributed by atoms with Gasteiger partial charge in [0, 0.05) is 40.0 Å². The number of hydrogen-bond donors (Lipinski definition) is 1. The predicted octanol–water partition coefficient (Wildman–Crippen LogP) is 6.38. The van der Waals surface area contributed by atoms with E-state index >= 15 is 0 Å². The lowest BCUT2D eigenvalue weighted by atomic mass is 10.0. The van der Waals surface area contributed by atoms with Gasteiger partial charge in [0.2, 0.25) is 11.8 Å². The molecule has 0 spiro atoms. The van der Waals surface area contributed by atoms with Gasteiger partial charge >= 0.3 is 24.2 Å². The number of nitrogens with zero attached hydrogens (tertiary/aromatic N) is 5. The van der Waals surface area contributed by atoms with Crippen molar-refractivity contribution >= 4 is 63.8 Å². The number of rotatable bonds is 3. The predicted molar refractivity (Wildman–Crippen MR) is 220 cm³/mol. The monoisotopic (exact) mass is 882 g/mol. The number of ether oxygens (including phenoxy) is 2. The van der Waals surface area contributed by atoms with Crippen molar-refractivity contribution in [2.45, 2.75) is 115 Å². The van der Waals surface area contributed by atoms with Crippen LogP contribution in [0, 0.1) is 13.8 Å². The minimum Gasteiger partial charge on any atom is -0.443 e. The number of nitrogens with one attached hydrogen (secondary N) is 1. The molecular weight excluding hydrogens is 828 g/mol. The highest BCUT2D eigenvalue weighted by Gasteiger charge is 2.48. The van der Waals surface area contributed by atoms with Gasteiger partial charge in [0.25, 0.3) is 11.8 Å². The van der Waals surface area contributed by atoms with E-state index in [0.29, 0.717) is 29.3 Å². The van der Waals surface area contributed by atoms with E-state index in [1.54, 1.807) is 58.4 Å². The van der Waals surface area contributed by atoms with Crippen molar-refractivity contribution in [1.82, 2.24) is 29.8 Å². The van der Waals surface area contributed by atoms with E-state index in [9.17, 15) is 38.4 Å². The molecule has 2 aromatic carbocycles. The molecule has 4 atom stereocenters. The maximum Gasteiger partial charge on any atom is 0.424 e. The minimum atomic E-state index is -0.993. The molecule has 4 heterocycles. The highest BCUT2D eigenvalue weighted by molar-refractivity contribution is 9.10. The van der Waals surface area contributed by atoms with Gasteiger partial charge in [0.1, 0.15) is 17.2 Å². The van der Waals surface area contributed by atoms with E-state index in [4.69, 9.17) is 9.47 Å². The van der Waals surface area contributed by atoms with Crippen molar-refractivity contribution in [2.24, 2.45) is 0 Å². The molecule has 59 heavy (non-hydrogen) atoms. The number of aryl methyl sites for hydroxylation is 2. The number of halogens is 1. The third-order valence-corrected chi connectivity index (χ3v) is 10.7. The topological polar surface area (TPSA) is 183 Å². The zero-order chi connectivity index (χ0) is 44.1. The van der Waals surface area contributed by atoms with Gasteiger partial charge in [-0.3, -0.25) is 19.2 Å². The summed E-state index contributed by atoms with van der Waals surface area (Å²) in [6, 6.07) is 15.0. The summed E-state index contributed by atoms with van der Waals surface area (Å²) in [5.41, 5.74) is 2.95. The van der Waals surface area contributed by atoms with Crippen molar-refractivity contribution in [3.05, 3.63) is 70.8 Å². The molecular formula is C42H55BrN6O10. The minimum absolute atomic E-state index is 0.00164. The first kappa shape index (κ1) is 46.4. The number of hydrogen-bond acceptors (Lipinski definition) is 10. The van der Waals surface area contributed by atoms with Crippen molar-refractivity contribution in [3.63, 3.8) is 0 Å². The van der Waals surface area contributed by atoms with Gasteiger partial charge in [-0.2, -0.15) is 9.80 Å². The molecule has 16 nitrogen and oxygen atoms in total. The Balaban J connectivity index is 0.000000216. The molecule has 6 rings (SSSR count). The summed E-state index contributed by atoms with van der Waals surface area (Å²) in [5.74, 6) is -2.36. The van der Waals surface area contributed by atoms with Gasteiger partial charge in [0.15, 0.2) is 0 Å². The van der Waals surface area contributed by atoms with Gasteiger partial charge in [-0.1, -0.05) is 75.6 Å². The number of benzene rings is 2. The molecule has 4 fully saturated rings. The van der Waals surface area contributed by atoms with E-state index in [1.165, 1.54) is 16.0 Å². The largest absolute Gasteiger partial charge is 0.443 e. The van der Waals surface area contributed by atoms with E-state index < -0.39 is 57.9 Å². The quantitative estimate of drug-likeness (QED) is 0.268. The summed E-state index contributed by atoms with van der Waals surface area (Å²) in [6.07, 6.45) is -1.12. The number of likely N-dealkylation sites (N-methyl/N-ethyl adjacent to an activating group) is 2. The summed E-state index contributed by atoms with van der Waals surface area (Å²) in [4.78, 5) is 102. The summed E-state index contributed by atoms with van der Waals surface area (Å²) >= 11 is 3.12. The second-order valence-electron chi connectivity index (χ2n) is 16.9. The Kier molecular flexibility index (Phi) is 14.7. The van der Waals surface area contributed by atoms with E-state index in [-0.39, 0.29) is 43.4 Å². The highest BCUT2D eigenvalue weighted by atomic mass is 79.9. The van der Waals surface area contributed by atoms with Gasteiger partial charge < -0.3 is 29.5 Å². The Morgan fingerprint density at radius 1 is 0.644 bits per heavy atom. The first-order valence-corrected chi connectivity index (χ1v) is 20.3. The van der Waals surface area contributed by atoms with Crippen LogP contribution in [0.25, 0.3) is 0 Å². The van der Waals surface area contributed by atoms with Crippen LogP contribution in [0.2, 0.25) is 0 Å². The Hall–Kier alpha value is -5.32. The Labute approximate surface area is 353 Å². The van der Waals surface area contributed by atoms with E-state index in [0.717, 1.165) is 11.1 Å². The molecule has 0 radical (unpaired) electrons. The molecule has 320 valence electrons. The van der Waals surface area contributed by atoms with E-state index in [1.807, 2.05) is 38.2 Å². The fraction of sp³-hybridized carbons (Fsp3) is 0.524. The molecule has 0 aliphatic carbocycles. The molecule has 2 aromatic rings. The molecule has 4 saturated heterocycles. The number of alkyl halides is 1. The average molecular weight is 884 g/mol. The number of urea groups is 2. The first-order chi connectivity index (χ1) is 27.4. The molecule has 0 aromatic heterocycles. The summed E-state index contributed by atoms with van der Waals surface area (Å²) in [5, 5.41) is 2.82. The summed E-state index contributed by atoms with van der Waals surface area (Å²) in [7, 11) is 3.52. The van der Waals surface area contributed by atoms with Crippen molar-refractivity contribution in [3.8, 4) is 0 Å². The van der Waals surface area contributed by atoms with Crippen LogP contribution in [0.3, 0.4) is 0 Å². The van der Waals surface area contributed by atoms with Gasteiger partial charge in [-0.05, 0) is 79.4 Å².